The molecule has 1 aromatic rings. The van der Waals surface area contributed by atoms with Crippen molar-refractivity contribution in [1.82, 2.24) is 5.32 Å². The van der Waals surface area contributed by atoms with Gasteiger partial charge in [0, 0.05) is 24.2 Å². The zero-order valence-corrected chi connectivity index (χ0v) is 8.47. The fraction of sp³-hybridized carbons (Fsp3) is 0.455. The van der Waals surface area contributed by atoms with Crippen molar-refractivity contribution in [2.75, 3.05) is 7.05 Å². The fourth-order valence-corrected chi connectivity index (χ4v) is 1.69. The molecule has 4 heteroatoms. The molecule has 0 spiro atoms. The number of nitrogens with one attached hydrogen (secondary N) is 1. The van der Waals surface area contributed by atoms with Gasteiger partial charge in [0.15, 0.2) is 0 Å². The highest BCUT2D eigenvalue weighted by atomic mass is 19.1. The maximum Gasteiger partial charge on any atom is 0.129 e. The van der Waals surface area contributed by atoms with Gasteiger partial charge in [-0.2, -0.15) is 0 Å². The van der Waals surface area contributed by atoms with Crippen molar-refractivity contribution in [3.05, 3.63) is 29.8 Å². The van der Waals surface area contributed by atoms with E-state index in [9.17, 15) is 8.78 Å². The van der Waals surface area contributed by atoms with Crippen LogP contribution in [0.15, 0.2) is 18.2 Å². The lowest BCUT2D eigenvalue weighted by Crippen LogP contribution is -2.45. The number of halogens is 2. The van der Waals surface area contributed by atoms with E-state index in [1.54, 1.807) is 0 Å². The van der Waals surface area contributed by atoms with E-state index in [1.165, 1.54) is 12.1 Å². The van der Waals surface area contributed by atoms with Crippen molar-refractivity contribution in [2.45, 2.75) is 25.0 Å². The van der Waals surface area contributed by atoms with Gasteiger partial charge in [-0.25, -0.2) is 8.78 Å². The summed E-state index contributed by atoms with van der Waals surface area (Å²) in [6.45, 7) is 0. The molecule has 2 rings (SSSR count). The average Bonchev–Trinajstić information content (AvgIpc) is 2.08. The molecule has 2 nitrogen and oxygen atoms in total. The molecule has 0 unspecified atom stereocenters. The van der Waals surface area contributed by atoms with Crippen molar-refractivity contribution in [3.63, 3.8) is 0 Å². The molecule has 1 N–H and O–H groups in total. The molecule has 15 heavy (non-hydrogen) atoms. The van der Waals surface area contributed by atoms with Gasteiger partial charge in [0.25, 0.3) is 0 Å². The summed E-state index contributed by atoms with van der Waals surface area (Å²) in [5.41, 5.74) is 0. The molecule has 0 radical (unpaired) electrons. The van der Waals surface area contributed by atoms with Gasteiger partial charge in [-0.05, 0) is 19.9 Å². The van der Waals surface area contributed by atoms with Crippen LogP contribution < -0.4 is 10.1 Å². The molecular formula is C11H13F2NO. The van der Waals surface area contributed by atoms with E-state index in [2.05, 4.69) is 5.32 Å². The first-order valence-electron chi connectivity index (χ1n) is 4.97. The zero-order valence-electron chi connectivity index (χ0n) is 8.47. The van der Waals surface area contributed by atoms with Crippen LogP contribution in [0.25, 0.3) is 0 Å². The fourth-order valence-electron chi connectivity index (χ4n) is 1.69. The molecule has 1 saturated carbocycles. The first-order chi connectivity index (χ1) is 7.17. The minimum Gasteiger partial charge on any atom is -0.490 e. The molecular weight excluding hydrogens is 200 g/mol. The SMILES string of the molecule is CNC1CC(Oc2cc(F)cc(F)c2)C1. The highest BCUT2D eigenvalue weighted by Crippen LogP contribution is 2.26. The van der Waals surface area contributed by atoms with E-state index < -0.39 is 11.6 Å². The summed E-state index contributed by atoms with van der Waals surface area (Å²) < 4.78 is 31.0. The Morgan fingerprint density at radius 3 is 2.33 bits per heavy atom. The molecule has 0 amide bonds. The van der Waals surface area contributed by atoms with Gasteiger partial charge >= 0.3 is 0 Å². The maximum atomic E-state index is 12.8. The topological polar surface area (TPSA) is 21.3 Å². The summed E-state index contributed by atoms with van der Waals surface area (Å²) in [6, 6.07) is 3.71. The van der Waals surface area contributed by atoms with Crippen LogP contribution in [0.5, 0.6) is 5.75 Å². The Morgan fingerprint density at radius 1 is 1.20 bits per heavy atom. The van der Waals surface area contributed by atoms with Crippen LogP contribution in [0, 0.1) is 11.6 Å². The summed E-state index contributed by atoms with van der Waals surface area (Å²) >= 11 is 0. The van der Waals surface area contributed by atoms with Crippen molar-refractivity contribution in [3.8, 4) is 5.75 Å². The number of rotatable bonds is 3. The van der Waals surface area contributed by atoms with Crippen LogP contribution in [-0.2, 0) is 0 Å². The third kappa shape index (κ3) is 2.45. The summed E-state index contributed by atoms with van der Waals surface area (Å²) in [5, 5.41) is 3.11. The van der Waals surface area contributed by atoms with E-state index >= 15 is 0 Å². The normalized spacial score (nSPS) is 24.7. The Hall–Kier alpha value is -1.16. The van der Waals surface area contributed by atoms with E-state index in [4.69, 9.17) is 4.74 Å². The predicted molar refractivity (Wildman–Crippen MR) is 52.9 cm³/mol. The lowest BCUT2D eigenvalue weighted by atomic mass is 9.89. The Bertz CT molecular complexity index is 330. The van der Waals surface area contributed by atoms with E-state index in [-0.39, 0.29) is 11.9 Å². The second kappa shape index (κ2) is 4.14. The Balaban J connectivity index is 1.94. The van der Waals surface area contributed by atoms with E-state index in [1.807, 2.05) is 7.05 Å². The number of benzene rings is 1. The van der Waals surface area contributed by atoms with Crippen molar-refractivity contribution >= 4 is 0 Å². The molecule has 0 heterocycles. The molecule has 1 aliphatic carbocycles. The van der Waals surface area contributed by atoms with Crippen LogP contribution in [0.1, 0.15) is 12.8 Å². The largest absolute Gasteiger partial charge is 0.490 e. The Kier molecular flexibility index (Phi) is 2.86. The maximum absolute atomic E-state index is 12.8. The zero-order chi connectivity index (χ0) is 10.8. The quantitative estimate of drug-likeness (QED) is 0.830. The van der Waals surface area contributed by atoms with Crippen LogP contribution >= 0.6 is 0 Å². The Morgan fingerprint density at radius 2 is 1.80 bits per heavy atom. The number of hydrogen-bond acceptors (Lipinski definition) is 2. The highest BCUT2D eigenvalue weighted by Gasteiger charge is 2.29. The Labute approximate surface area is 87.2 Å². The second-order valence-electron chi connectivity index (χ2n) is 3.80. The molecule has 0 bridgehead atoms. The van der Waals surface area contributed by atoms with Crippen molar-refractivity contribution in [1.29, 1.82) is 0 Å². The minimum absolute atomic E-state index is 0.0728. The summed E-state index contributed by atoms with van der Waals surface area (Å²) in [4.78, 5) is 0. The van der Waals surface area contributed by atoms with Gasteiger partial charge in [-0.3, -0.25) is 0 Å². The van der Waals surface area contributed by atoms with Crippen molar-refractivity contribution < 1.29 is 13.5 Å². The summed E-state index contributed by atoms with van der Waals surface area (Å²) in [5.74, 6) is -0.934. The van der Waals surface area contributed by atoms with Gasteiger partial charge in [-0.15, -0.1) is 0 Å². The number of ether oxygens (including phenoxy) is 1. The molecule has 1 aliphatic rings. The molecule has 0 aliphatic heterocycles. The molecule has 0 atom stereocenters. The molecule has 82 valence electrons. The summed E-state index contributed by atoms with van der Waals surface area (Å²) in [6.07, 6.45) is 1.84. The first kappa shape index (κ1) is 10.4. The van der Waals surface area contributed by atoms with Crippen molar-refractivity contribution in [2.24, 2.45) is 0 Å². The highest BCUT2D eigenvalue weighted by molar-refractivity contribution is 5.24. The first-order valence-corrected chi connectivity index (χ1v) is 4.97. The van der Waals surface area contributed by atoms with Gasteiger partial charge in [0.2, 0.25) is 0 Å². The van der Waals surface area contributed by atoms with Gasteiger partial charge in [0.1, 0.15) is 23.5 Å². The van der Waals surface area contributed by atoms with Gasteiger partial charge < -0.3 is 10.1 Å². The number of hydrogen-bond donors (Lipinski definition) is 1. The van der Waals surface area contributed by atoms with Gasteiger partial charge in [-0.1, -0.05) is 0 Å². The second-order valence-corrected chi connectivity index (χ2v) is 3.80. The lowest BCUT2D eigenvalue weighted by molar-refractivity contribution is 0.0878. The van der Waals surface area contributed by atoms with E-state index in [0.29, 0.717) is 6.04 Å². The smallest absolute Gasteiger partial charge is 0.129 e. The monoisotopic (exact) mass is 213 g/mol. The predicted octanol–water partition coefficient (Wildman–Crippen LogP) is 2.09. The molecule has 1 fully saturated rings. The lowest BCUT2D eigenvalue weighted by Gasteiger charge is -2.35. The van der Waals surface area contributed by atoms with Gasteiger partial charge in [0.05, 0.1) is 0 Å². The average molecular weight is 213 g/mol. The van der Waals surface area contributed by atoms with E-state index in [0.717, 1.165) is 18.9 Å². The molecule has 0 aromatic heterocycles. The van der Waals surface area contributed by atoms with Crippen LogP contribution in [0.2, 0.25) is 0 Å². The minimum atomic E-state index is -0.602. The third-order valence-corrected chi connectivity index (χ3v) is 2.64. The standard InChI is InChI=1S/C11H13F2NO/c1-14-9-5-11(6-9)15-10-3-7(12)2-8(13)4-10/h2-4,9,11,14H,5-6H2,1H3. The van der Waals surface area contributed by atoms with Crippen LogP contribution in [0.4, 0.5) is 8.78 Å². The van der Waals surface area contributed by atoms with Crippen LogP contribution in [-0.4, -0.2) is 19.2 Å². The molecule has 1 aromatic carbocycles. The van der Waals surface area contributed by atoms with Crippen LogP contribution in [0.3, 0.4) is 0 Å². The molecule has 0 saturated heterocycles. The summed E-state index contributed by atoms with van der Waals surface area (Å²) in [7, 11) is 1.89. The third-order valence-electron chi connectivity index (χ3n) is 2.64.